The number of rotatable bonds is 7. The Labute approximate surface area is 160 Å². The molecule has 0 unspecified atom stereocenters. The van der Waals surface area contributed by atoms with Gasteiger partial charge < -0.3 is 19.7 Å². The lowest BCUT2D eigenvalue weighted by Crippen LogP contribution is -2.30. The molecule has 1 fully saturated rings. The van der Waals surface area contributed by atoms with Gasteiger partial charge in [-0.25, -0.2) is 0 Å². The number of methoxy groups -OCH3 is 2. The van der Waals surface area contributed by atoms with Gasteiger partial charge in [0.2, 0.25) is 0 Å². The highest BCUT2D eigenvalue weighted by molar-refractivity contribution is 5.94. The van der Waals surface area contributed by atoms with Crippen LogP contribution < -0.4 is 19.7 Å². The van der Waals surface area contributed by atoms with Gasteiger partial charge in [-0.1, -0.05) is 6.07 Å². The van der Waals surface area contributed by atoms with Crippen molar-refractivity contribution in [2.24, 2.45) is 0 Å². The molecular weight excluding hydrogens is 342 g/mol. The molecule has 0 saturated carbocycles. The number of hydrogen-bond donors (Lipinski definition) is 1. The summed E-state index contributed by atoms with van der Waals surface area (Å²) in [6.45, 7) is 2.61. The van der Waals surface area contributed by atoms with Crippen molar-refractivity contribution < 1.29 is 14.3 Å². The summed E-state index contributed by atoms with van der Waals surface area (Å²) < 4.78 is 10.6. The molecule has 6 nitrogen and oxygen atoms in total. The molecule has 144 valence electrons. The summed E-state index contributed by atoms with van der Waals surface area (Å²) in [5, 5.41) is 2.97. The minimum Gasteiger partial charge on any atom is -0.493 e. The topological polar surface area (TPSA) is 63.7 Å². The number of nitrogens with zero attached hydrogens (tertiary/aromatic N) is 2. The number of anilines is 1. The fourth-order valence-electron chi connectivity index (χ4n) is 3.34. The number of carbonyl (C=O) groups is 1. The molecule has 1 saturated heterocycles. The Bertz CT molecular complexity index is 773. The summed E-state index contributed by atoms with van der Waals surface area (Å²) >= 11 is 0. The maximum atomic E-state index is 12.5. The zero-order chi connectivity index (χ0) is 19.1. The number of nitrogens with one attached hydrogen (secondary N) is 1. The zero-order valence-electron chi connectivity index (χ0n) is 16.0. The Morgan fingerprint density at radius 3 is 2.59 bits per heavy atom. The summed E-state index contributed by atoms with van der Waals surface area (Å²) in [4.78, 5) is 19.0. The van der Waals surface area contributed by atoms with Crippen LogP contribution in [0.2, 0.25) is 0 Å². The quantitative estimate of drug-likeness (QED) is 0.813. The lowest BCUT2D eigenvalue weighted by molar-refractivity contribution is 0.0954. The lowest BCUT2D eigenvalue weighted by atomic mass is 10.1. The molecule has 0 radical (unpaired) electrons. The summed E-state index contributed by atoms with van der Waals surface area (Å²) in [6.07, 6.45) is 7.85. The van der Waals surface area contributed by atoms with Gasteiger partial charge in [0.25, 0.3) is 5.91 Å². The molecule has 1 aliphatic rings. The van der Waals surface area contributed by atoms with Crippen LogP contribution in [-0.4, -0.2) is 44.7 Å². The second-order valence-electron chi connectivity index (χ2n) is 6.67. The Morgan fingerprint density at radius 2 is 1.85 bits per heavy atom. The van der Waals surface area contributed by atoms with Gasteiger partial charge in [0.05, 0.1) is 31.7 Å². The average Bonchev–Trinajstić information content (AvgIpc) is 2.74. The van der Waals surface area contributed by atoms with Gasteiger partial charge in [-0.05, 0) is 49.4 Å². The lowest BCUT2D eigenvalue weighted by Gasteiger charge is -2.28. The Hall–Kier alpha value is -2.76. The standard InChI is InChI=1S/C21H27N3O3/c1-26-19-7-6-16(12-20(19)27-2)8-9-23-21(25)17-13-18(15-22-14-17)24-10-4-3-5-11-24/h6-7,12-15H,3-5,8-11H2,1-2H3,(H,23,25). The molecule has 0 spiro atoms. The number of aromatic nitrogens is 1. The van der Waals surface area contributed by atoms with E-state index in [0.29, 0.717) is 30.0 Å². The van der Waals surface area contributed by atoms with Gasteiger partial charge >= 0.3 is 0 Å². The summed E-state index contributed by atoms with van der Waals surface area (Å²) in [7, 11) is 3.23. The monoisotopic (exact) mass is 369 g/mol. The highest BCUT2D eigenvalue weighted by atomic mass is 16.5. The van der Waals surface area contributed by atoms with Crippen LogP contribution >= 0.6 is 0 Å². The van der Waals surface area contributed by atoms with Crippen LogP contribution in [0.1, 0.15) is 35.2 Å². The molecule has 1 aromatic carbocycles. The minimum atomic E-state index is -0.0955. The van der Waals surface area contributed by atoms with Crippen molar-refractivity contribution in [1.29, 1.82) is 0 Å². The van der Waals surface area contributed by atoms with E-state index in [1.807, 2.05) is 30.5 Å². The van der Waals surface area contributed by atoms with Crippen molar-refractivity contribution in [3.05, 3.63) is 47.8 Å². The number of benzene rings is 1. The van der Waals surface area contributed by atoms with Crippen molar-refractivity contribution in [2.45, 2.75) is 25.7 Å². The molecule has 0 atom stereocenters. The van der Waals surface area contributed by atoms with Crippen molar-refractivity contribution in [1.82, 2.24) is 10.3 Å². The van der Waals surface area contributed by atoms with Crippen LogP contribution in [0.25, 0.3) is 0 Å². The first-order chi connectivity index (χ1) is 13.2. The molecule has 2 aromatic rings. The first kappa shape index (κ1) is 19.0. The van der Waals surface area contributed by atoms with Gasteiger partial charge in [-0.3, -0.25) is 9.78 Å². The molecule has 1 N–H and O–H groups in total. The smallest absolute Gasteiger partial charge is 0.252 e. The Morgan fingerprint density at radius 1 is 1.07 bits per heavy atom. The van der Waals surface area contributed by atoms with E-state index in [2.05, 4.69) is 15.2 Å². The molecule has 1 aromatic heterocycles. The minimum absolute atomic E-state index is 0.0955. The van der Waals surface area contributed by atoms with Crippen molar-refractivity contribution in [3.8, 4) is 11.5 Å². The second kappa shape index (κ2) is 9.26. The SMILES string of the molecule is COc1ccc(CCNC(=O)c2cncc(N3CCCCC3)c2)cc1OC. The summed E-state index contributed by atoms with van der Waals surface area (Å²) in [5.41, 5.74) is 2.71. The number of amides is 1. The van der Waals surface area contributed by atoms with Gasteiger partial charge in [0.15, 0.2) is 11.5 Å². The van der Waals surface area contributed by atoms with E-state index in [4.69, 9.17) is 9.47 Å². The number of hydrogen-bond acceptors (Lipinski definition) is 5. The largest absolute Gasteiger partial charge is 0.493 e. The Kier molecular flexibility index (Phi) is 6.52. The van der Waals surface area contributed by atoms with E-state index >= 15 is 0 Å². The van der Waals surface area contributed by atoms with Gasteiger partial charge in [-0.15, -0.1) is 0 Å². The highest BCUT2D eigenvalue weighted by Gasteiger charge is 2.14. The zero-order valence-corrected chi connectivity index (χ0v) is 16.0. The summed E-state index contributed by atoms with van der Waals surface area (Å²) in [5.74, 6) is 1.30. The first-order valence-electron chi connectivity index (χ1n) is 9.40. The van der Waals surface area contributed by atoms with Crippen LogP contribution in [0.15, 0.2) is 36.7 Å². The van der Waals surface area contributed by atoms with Crippen LogP contribution in [-0.2, 0) is 6.42 Å². The molecule has 1 amide bonds. The fraction of sp³-hybridized carbons (Fsp3) is 0.429. The van der Waals surface area contributed by atoms with Crippen LogP contribution in [0.3, 0.4) is 0 Å². The third-order valence-corrected chi connectivity index (χ3v) is 4.85. The van der Waals surface area contributed by atoms with Crippen LogP contribution in [0, 0.1) is 0 Å². The molecular formula is C21H27N3O3. The molecule has 1 aliphatic heterocycles. The number of pyridine rings is 1. The van der Waals surface area contributed by atoms with E-state index < -0.39 is 0 Å². The van der Waals surface area contributed by atoms with E-state index in [1.54, 1.807) is 20.4 Å². The molecule has 0 aliphatic carbocycles. The average molecular weight is 369 g/mol. The van der Waals surface area contributed by atoms with Crippen molar-refractivity contribution >= 4 is 11.6 Å². The third-order valence-electron chi connectivity index (χ3n) is 4.85. The summed E-state index contributed by atoms with van der Waals surface area (Å²) in [6, 6.07) is 7.72. The number of ether oxygens (including phenoxy) is 2. The van der Waals surface area contributed by atoms with E-state index in [9.17, 15) is 4.79 Å². The van der Waals surface area contributed by atoms with Crippen LogP contribution in [0.5, 0.6) is 11.5 Å². The van der Waals surface area contributed by atoms with Crippen LogP contribution in [0.4, 0.5) is 5.69 Å². The molecule has 3 rings (SSSR count). The van der Waals surface area contributed by atoms with E-state index in [-0.39, 0.29) is 5.91 Å². The van der Waals surface area contributed by atoms with Gasteiger partial charge in [-0.2, -0.15) is 0 Å². The molecule has 6 heteroatoms. The number of piperidine rings is 1. The Balaban J connectivity index is 1.56. The maximum absolute atomic E-state index is 12.5. The third kappa shape index (κ3) is 4.90. The van der Waals surface area contributed by atoms with Crippen molar-refractivity contribution in [2.75, 3.05) is 38.8 Å². The number of carbonyl (C=O) groups excluding carboxylic acids is 1. The van der Waals surface area contributed by atoms with Crippen molar-refractivity contribution in [3.63, 3.8) is 0 Å². The van der Waals surface area contributed by atoms with Gasteiger partial charge in [0.1, 0.15) is 0 Å². The predicted molar refractivity (Wildman–Crippen MR) is 106 cm³/mol. The van der Waals surface area contributed by atoms with Gasteiger partial charge in [0, 0.05) is 25.8 Å². The maximum Gasteiger partial charge on any atom is 0.252 e. The van der Waals surface area contributed by atoms with E-state index in [0.717, 1.165) is 24.3 Å². The second-order valence-corrected chi connectivity index (χ2v) is 6.67. The highest BCUT2D eigenvalue weighted by Crippen LogP contribution is 2.27. The normalized spacial score (nSPS) is 13.9. The molecule has 27 heavy (non-hydrogen) atoms. The van der Waals surface area contributed by atoms with E-state index in [1.165, 1.54) is 19.3 Å². The fourth-order valence-corrected chi connectivity index (χ4v) is 3.34. The predicted octanol–water partition coefficient (Wildman–Crippen LogP) is 3.06. The molecule has 0 bridgehead atoms. The first-order valence-corrected chi connectivity index (χ1v) is 9.40. The molecule has 2 heterocycles.